The number of rotatable bonds is 59. The molecule has 0 unspecified atom stereocenters. The van der Waals surface area contributed by atoms with Gasteiger partial charge in [0, 0.05) is 37.2 Å². The third kappa shape index (κ3) is 31.9. The number of methoxy groups -OCH3 is 2. The predicted octanol–water partition coefficient (Wildman–Crippen LogP) is 21.6. The van der Waals surface area contributed by atoms with E-state index in [4.69, 9.17) is 33.2 Å². The number of esters is 1. The van der Waals surface area contributed by atoms with Crippen LogP contribution in [0.3, 0.4) is 0 Å². The molecule has 1 aliphatic heterocycles. The van der Waals surface area contributed by atoms with E-state index in [9.17, 15) is 19.2 Å². The maximum atomic E-state index is 14.0. The van der Waals surface area contributed by atoms with E-state index < -0.39 is 41.3 Å². The molecule has 14 heteroatoms. The minimum Gasteiger partial charge on any atom is -0.497 e. The number of aromatic amines is 1. The fourth-order valence-electron chi connectivity index (χ4n) is 14.0. The number of carbonyl (C=O) groups excluding carboxylic acids is 2. The minimum atomic E-state index is -1.23. The fourth-order valence-corrected chi connectivity index (χ4v) is 14.0. The Labute approximate surface area is 602 Å². The number of hydrogen-bond donors (Lipinski definition) is 2. The summed E-state index contributed by atoms with van der Waals surface area (Å²) in [7, 11) is 3.23. The van der Waals surface area contributed by atoms with Gasteiger partial charge in [-0.1, -0.05) is 312 Å². The highest BCUT2D eigenvalue weighted by atomic mass is 16.6. The summed E-state index contributed by atoms with van der Waals surface area (Å²) in [6.07, 6.45) is 52.0. The van der Waals surface area contributed by atoms with Gasteiger partial charge in [0.25, 0.3) is 5.56 Å². The first-order chi connectivity index (χ1) is 49.1. The van der Waals surface area contributed by atoms with Crippen LogP contribution in [0.1, 0.15) is 324 Å². The van der Waals surface area contributed by atoms with Gasteiger partial charge in [-0.05, 0) is 78.4 Å². The molecule has 2 N–H and O–H groups in total. The van der Waals surface area contributed by atoms with Gasteiger partial charge in [-0.15, -0.1) is 0 Å². The number of aryl methyl sites for hydroxylation is 1. The lowest BCUT2D eigenvalue weighted by molar-refractivity contribution is -0.156. The number of benzene rings is 4. The normalized spacial score (nSPS) is 14.5. The highest BCUT2D eigenvalue weighted by Crippen LogP contribution is 2.43. The quantitative estimate of drug-likeness (QED) is 0.0216. The Balaban J connectivity index is 0.984. The Bertz CT molecular complexity index is 2940. The number of nitrogens with zero attached hydrogens (tertiary/aromatic N) is 1. The van der Waals surface area contributed by atoms with Crippen LogP contribution in [0.25, 0.3) is 0 Å². The SMILES string of the molecule is CCCCCCCCCCCCCCCCCCCCCCOc1cc(CNC(=O)CCC(=O)O[C@@H]2C[C@H](n3cc(C)c(=O)[nH]c3=O)O[C@@H]2COC(c2ccccc2)(c2ccc(OC)cc2)c2ccc(OC)cc2)cc(OCCCCCCCCCCCCCCCCCCCCCC)c1. The molecule has 0 saturated carbocycles. The topological polar surface area (TPSA) is 166 Å². The molecule has 6 rings (SSSR count). The number of unbranched alkanes of at least 4 members (excludes halogenated alkanes) is 38. The highest BCUT2D eigenvalue weighted by molar-refractivity contribution is 5.81. The zero-order valence-electron chi connectivity index (χ0n) is 62.7. The van der Waals surface area contributed by atoms with Crippen LogP contribution in [0, 0.1) is 6.92 Å². The van der Waals surface area contributed by atoms with Crippen LogP contribution in [-0.2, 0) is 35.9 Å². The Morgan fingerprint density at radius 2 is 0.890 bits per heavy atom. The van der Waals surface area contributed by atoms with E-state index in [0.29, 0.717) is 30.3 Å². The lowest BCUT2D eigenvalue weighted by Gasteiger charge is -2.37. The molecule has 1 aromatic heterocycles. The maximum absolute atomic E-state index is 14.0. The molecular weight excluding hydrogens is 1250 g/mol. The third-order valence-corrected chi connectivity index (χ3v) is 20.1. The molecule has 1 amide bonds. The number of ether oxygens (including phenoxy) is 7. The molecule has 0 bridgehead atoms. The molecule has 100 heavy (non-hydrogen) atoms. The van der Waals surface area contributed by atoms with Crippen LogP contribution in [0.2, 0.25) is 0 Å². The van der Waals surface area contributed by atoms with Gasteiger partial charge >= 0.3 is 11.7 Å². The highest BCUT2D eigenvalue weighted by Gasteiger charge is 2.44. The number of H-pyrrole nitrogens is 1. The van der Waals surface area contributed by atoms with Crippen molar-refractivity contribution >= 4 is 11.9 Å². The van der Waals surface area contributed by atoms with Gasteiger partial charge in [0.05, 0.1) is 40.5 Å². The van der Waals surface area contributed by atoms with Crippen molar-refractivity contribution in [1.29, 1.82) is 0 Å². The van der Waals surface area contributed by atoms with Gasteiger partial charge in [0.2, 0.25) is 5.91 Å². The second-order valence-corrected chi connectivity index (χ2v) is 28.4. The number of nitrogens with one attached hydrogen (secondary N) is 2. The average Bonchev–Trinajstić information content (AvgIpc) is 0.862. The molecule has 3 atom stereocenters. The maximum Gasteiger partial charge on any atom is 0.330 e. The molecule has 2 heterocycles. The monoisotopic (exact) mass is 1380 g/mol. The molecule has 0 radical (unpaired) electrons. The Morgan fingerprint density at radius 3 is 1.29 bits per heavy atom. The van der Waals surface area contributed by atoms with Gasteiger partial charge in [-0.25, -0.2) is 4.79 Å². The van der Waals surface area contributed by atoms with Gasteiger partial charge in [0.15, 0.2) is 0 Å². The van der Waals surface area contributed by atoms with Crippen molar-refractivity contribution in [1.82, 2.24) is 14.9 Å². The van der Waals surface area contributed by atoms with Crippen molar-refractivity contribution in [3.8, 4) is 23.0 Å². The van der Waals surface area contributed by atoms with E-state index in [1.54, 1.807) is 21.1 Å². The number of amides is 1. The summed E-state index contributed by atoms with van der Waals surface area (Å²) in [5.74, 6) is 1.84. The molecule has 4 aromatic carbocycles. The van der Waals surface area contributed by atoms with Gasteiger partial charge in [-0.2, -0.15) is 0 Å². The van der Waals surface area contributed by atoms with Crippen LogP contribution >= 0.6 is 0 Å². The van der Waals surface area contributed by atoms with Gasteiger partial charge in [-0.3, -0.25) is 23.9 Å². The molecule has 1 saturated heterocycles. The zero-order chi connectivity index (χ0) is 70.9. The van der Waals surface area contributed by atoms with Gasteiger partial charge in [0.1, 0.15) is 47.0 Å². The van der Waals surface area contributed by atoms with E-state index in [2.05, 4.69) is 24.1 Å². The van der Waals surface area contributed by atoms with Crippen molar-refractivity contribution in [2.45, 2.75) is 327 Å². The Morgan fingerprint density at radius 1 is 0.500 bits per heavy atom. The predicted molar refractivity (Wildman–Crippen MR) is 407 cm³/mol. The van der Waals surface area contributed by atoms with E-state index in [-0.39, 0.29) is 38.3 Å². The van der Waals surface area contributed by atoms with E-state index in [1.165, 1.54) is 242 Å². The van der Waals surface area contributed by atoms with Crippen molar-refractivity contribution in [3.63, 3.8) is 0 Å². The molecule has 0 aliphatic carbocycles. The third-order valence-electron chi connectivity index (χ3n) is 20.1. The summed E-state index contributed by atoms with van der Waals surface area (Å²) in [4.78, 5) is 55.8. The molecule has 1 fully saturated rings. The van der Waals surface area contributed by atoms with Crippen LogP contribution < -0.4 is 35.5 Å². The standard InChI is InChI=1S/C86H131N3O11/c1-6-8-10-12-14-16-18-20-22-24-26-28-30-32-34-36-38-40-42-47-61-96-77-63-71(64-78(65-77)97-62-48-43-41-39-37-35-33-31-29-27-25-23-21-19-17-15-13-11-9-7-2)67-87-81(90)59-60-83(91)100-79-66-82(89-68-70(3)84(92)88-85(89)93)99-80(79)69-98-86(72-49-45-44-46-50-72,73-51-55-75(94-4)56-52-73)74-53-57-76(95-5)58-54-74/h44-46,49-58,63-65,68,79-80,82H,6-43,47-48,59-62,66-67,69H2,1-5H3,(H,87,90)(H,88,92,93)/t79-,80-,82-/m1/s1. The van der Waals surface area contributed by atoms with Crippen molar-refractivity contribution in [3.05, 3.63) is 152 Å². The molecular formula is C86H131N3O11. The van der Waals surface area contributed by atoms with Crippen LogP contribution in [0.15, 0.2) is 113 Å². The summed E-state index contributed by atoms with van der Waals surface area (Å²) in [5, 5.41) is 3.03. The van der Waals surface area contributed by atoms with Crippen LogP contribution in [0.4, 0.5) is 0 Å². The van der Waals surface area contributed by atoms with E-state index in [1.807, 2.05) is 97.1 Å². The molecule has 556 valence electrons. The first-order valence-corrected chi connectivity index (χ1v) is 39.9. The lowest BCUT2D eigenvalue weighted by atomic mass is 9.80. The smallest absolute Gasteiger partial charge is 0.330 e. The molecule has 0 spiro atoms. The number of carbonyl (C=O) groups is 2. The summed E-state index contributed by atoms with van der Waals surface area (Å²) in [6.45, 7) is 7.51. The summed E-state index contributed by atoms with van der Waals surface area (Å²) >= 11 is 0. The summed E-state index contributed by atoms with van der Waals surface area (Å²) < 4.78 is 45.2. The lowest BCUT2D eigenvalue weighted by Crippen LogP contribution is -2.39. The molecule has 1 aliphatic rings. The van der Waals surface area contributed by atoms with E-state index in [0.717, 1.165) is 59.4 Å². The van der Waals surface area contributed by atoms with E-state index >= 15 is 0 Å². The van der Waals surface area contributed by atoms with Crippen LogP contribution in [-0.4, -0.2) is 67.7 Å². The van der Waals surface area contributed by atoms with Gasteiger partial charge < -0.3 is 38.5 Å². The van der Waals surface area contributed by atoms with Crippen molar-refractivity contribution in [2.24, 2.45) is 0 Å². The second kappa shape index (κ2) is 50.9. The summed E-state index contributed by atoms with van der Waals surface area (Å²) in [6, 6.07) is 31.0. The number of hydrogen-bond acceptors (Lipinski definition) is 11. The zero-order valence-corrected chi connectivity index (χ0v) is 62.7. The summed E-state index contributed by atoms with van der Waals surface area (Å²) in [5.41, 5.74) is 1.16. The molecule has 14 nitrogen and oxygen atoms in total. The van der Waals surface area contributed by atoms with Crippen LogP contribution in [0.5, 0.6) is 23.0 Å². The average molecular weight is 1380 g/mol. The minimum absolute atomic E-state index is 0.0722. The molecule has 5 aromatic rings. The second-order valence-electron chi connectivity index (χ2n) is 28.4. The van der Waals surface area contributed by atoms with Crippen molar-refractivity contribution < 1.29 is 42.7 Å². The first kappa shape index (κ1) is 82.6. The Hall–Kier alpha value is -6.38. The largest absolute Gasteiger partial charge is 0.497 e. The first-order valence-electron chi connectivity index (χ1n) is 39.9. The van der Waals surface area contributed by atoms with Crippen molar-refractivity contribution in [2.75, 3.05) is 34.0 Å². The fraction of sp³-hybridized carbons (Fsp3) is 0.651. The number of aromatic nitrogens is 2. The Kier molecular flexibility index (Phi) is 42.0.